The normalized spacial score (nSPS) is 24.0. The van der Waals surface area contributed by atoms with Crippen LogP contribution in [0.3, 0.4) is 0 Å². The molecule has 1 aromatic rings. The lowest BCUT2D eigenvalue weighted by Crippen LogP contribution is -2.39. The van der Waals surface area contributed by atoms with E-state index in [9.17, 15) is 4.79 Å². The van der Waals surface area contributed by atoms with Crippen molar-refractivity contribution in [2.24, 2.45) is 5.92 Å². The fourth-order valence-corrected chi connectivity index (χ4v) is 3.50. The number of hydrogen-bond acceptors (Lipinski definition) is 3. The highest BCUT2D eigenvalue weighted by Gasteiger charge is 2.37. The molecule has 1 atom stereocenters. The molecular weight excluding hydrogens is 276 g/mol. The van der Waals surface area contributed by atoms with Gasteiger partial charge in [-0.25, -0.2) is 4.68 Å². The second-order valence-corrected chi connectivity index (χ2v) is 6.85. The Bertz CT molecular complexity index is 543. The van der Waals surface area contributed by atoms with Crippen molar-refractivity contribution in [3.8, 4) is 0 Å². The zero-order valence-electron chi connectivity index (χ0n) is 13.6. The van der Waals surface area contributed by atoms with E-state index in [4.69, 9.17) is 0 Å². The second kappa shape index (κ2) is 6.63. The van der Waals surface area contributed by atoms with Crippen LogP contribution in [-0.2, 0) is 4.79 Å². The minimum Gasteiger partial charge on any atom is -0.338 e. The van der Waals surface area contributed by atoms with Gasteiger partial charge in [-0.15, -0.1) is 5.10 Å². The fraction of sp³-hybridized carbons (Fsp3) is 0.706. The van der Waals surface area contributed by atoms with Gasteiger partial charge in [-0.05, 0) is 31.3 Å². The average Bonchev–Trinajstić information content (AvgIpc) is 3.12. The molecule has 0 bridgehead atoms. The lowest BCUT2D eigenvalue weighted by atomic mass is 9.94. The Morgan fingerprint density at radius 1 is 1.23 bits per heavy atom. The number of hydrogen-bond donors (Lipinski definition) is 0. The molecule has 120 valence electrons. The third-order valence-corrected chi connectivity index (χ3v) is 4.73. The summed E-state index contributed by atoms with van der Waals surface area (Å²) in [5.74, 6) is 0.719. The number of aromatic nitrogens is 3. The summed E-state index contributed by atoms with van der Waals surface area (Å²) in [6.07, 6.45) is 13.0. The van der Waals surface area contributed by atoms with E-state index in [0.717, 1.165) is 31.5 Å². The van der Waals surface area contributed by atoms with Gasteiger partial charge in [0.15, 0.2) is 0 Å². The van der Waals surface area contributed by atoms with E-state index >= 15 is 0 Å². The van der Waals surface area contributed by atoms with Gasteiger partial charge >= 0.3 is 0 Å². The van der Waals surface area contributed by atoms with Crippen molar-refractivity contribution in [2.45, 2.75) is 64.5 Å². The number of carbonyl (C=O) groups excluding carboxylic acids is 1. The summed E-state index contributed by atoms with van der Waals surface area (Å²) in [4.78, 5) is 14.8. The number of nitrogens with zero attached hydrogens (tertiary/aromatic N) is 4. The largest absolute Gasteiger partial charge is 0.338 e. The lowest BCUT2D eigenvalue weighted by Gasteiger charge is -2.31. The minimum absolute atomic E-state index is 0.157. The van der Waals surface area contributed by atoms with Crippen LogP contribution in [0.2, 0.25) is 0 Å². The molecule has 0 N–H and O–H groups in total. The van der Waals surface area contributed by atoms with Crippen LogP contribution in [0.15, 0.2) is 12.3 Å². The molecule has 1 amide bonds. The van der Waals surface area contributed by atoms with Crippen molar-refractivity contribution in [3.05, 3.63) is 18.0 Å². The molecule has 2 aliphatic rings. The van der Waals surface area contributed by atoms with Crippen molar-refractivity contribution in [2.75, 3.05) is 6.54 Å². The van der Waals surface area contributed by atoms with Crippen molar-refractivity contribution in [3.63, 3.8) is 0 Å². The molecule has 5 nitrogen and oxygen atoms in total. The molecule has 5 heteroatoms. The average molecular weight is 302 g/mol. The van der Waals surface area contributed by atoms with Gasteiger partial charge in [0, 0.05) is 12.6 Å². The van der Waals surface area contributed by atoms with Crippen molar-refractivity contribution in [1.82, 2.24) is 19.9 Å². The van der Waals surface area contributed by atoms with Gasteiger partial charge in [0.05, 0.1) is 6.20 Å². The Morgan fingerprint density at radius 2 is 2.00 bits per heavy atom. The summed E-state index contributed by atoms with van der Waals surface area (Å²) in [5.41, 5.74) is 0.831. The fourth-order valence-electron chi connectivity index (χ4n) is 3.50. The Morgan fingerprint density at radius 3 is 2.73 bits per heavy atom. The summed E-state index contributed by atoms with van der Waals surface area (Å²) >= 11 is 0. The Kier molecular flexibility index (Phi) is 4.60. The first-order valence-electron chi connectivity index (χ1n) is 8.55. The summed E-state index contributed by atoms with van der Waals surface area (Å²) in [6.45, 7) is 5.12. The molecule has 0 spiro atoms. The first kappa shape index (κ1) is 15.3. The molecule has 22 heavy (non-hydrogen) atoms. The number of allylic oxidation sites excluding steroid dienone is 1. The van der Waals surface area contributed by atoms with Crippen LogP contribution in [0, 0.1) is 5.92 Å². The summed E-state index contributed by atoms with van der Waals surface area (Å²) in [7, 11) is 0. The highest BCUT2D eigenvalue weighted by molar-refractivity contribution is 5.82. The van der Waals surface area contributed by atoms with E-state index in [-0.39, 0.29) is 11.9 Å². The molecule has 1 aliphatic carbocycles. The zero-order valence-corrected chi connectivity index (χ0v) is 13.6. The molecule has 1 aromatic heterocycles. The molecule has 1 saturated carbocycles. The van der Waals surface area contributed by atoms with E-state index in [1.165, 1.54) is 19.3 Å². The number of carbonyl (C=O) groups is 1. The highest BCUT2D eigenvalue weighted by atomic mass is 16.2. The van der Waals surface area contributed by atoms with E-state index in [1.54, 1.807) is 4.68 Å². The quantitative estimate of drug-likeness (QED) is 0.859. The molecule has 3 rings (SSSR count). The standard InChI is InChI=1S/C17H26N4O/c1-13(2)8-9-14-12-21(19-18-14)16-10-11-20(17(16)22)15-6-4-3-5-7-15/h8-9,12-13,15-16H,3-7,10-11H2,1-2H3/b9-8+. The molecule has 1 aliphatic heterocycles. The van der Waals surface area contributed by atoms with Crippen LogP contribution in [-0.4, -0.2) is 38.4 Å². The topological polar surface area (TPSA) is 51.0 Å². The van der Waals surface area contributed by atoms with Gasteiger partial charge in [-0.2, -0.15) is 0 Å². The van der Waals surface area contributed by atoms with Crippen LogP contribution in [0.1, 0.15) is 64.1 Å². The first-order chi connectivity index (χ1) is 10.6. The van der Waals surface area contributed by atoms with Crippen molar-refractivity contribution >= 4 is 12.0 Å². The SMILES string of the molecule is CC(C)/C=C/c1cn(C2CCN(C3CCCCC3)C2=O)nn1. The Labute approximate surface area is 132 Å². The van der Waals surface area contributed by atoms with Gasteiger partial charge in [0.1, 0.15) is 11.7 Å². The molecule has 1 saturated heterocycles. The lowest BCUT2D eigenvalue weighted by molar-refractivity contribution is -0.133. The Balaban J connectivity index is 1.67. The smallest absolute Gasteiger partial charge is 0.247 e. The maximum atomic E-state index is 12.7. The van der Waals surface area contributed by atoms with Gasteiger partial charge < -0.3 is 4.90 Å². The third-order valence-electron chi connectivity index (χ3n) is 4.73. The molecule has 1 unspecified atom stereocenters. The number of amides is 1. The summed E-state index contributed by atoms with van der Waals surface area (Å²) in [6, 6.07) is 0.297. The van der Waals surface area contributed by atoms with Crippen LogP contribution in [0.4, 0.5) is 0 Å². The van der Waals surface area contributed by atoms with Crippen molar-refractivity contribution in [1.29, 1.82) is 0 Å². The maximum Gasteiger partial charge on any atom is 0.247 e. The van der Waals surface area contributed by atoms with E-state index in [1.807, 2.05) is 12.3 Å². The monoisotopic (exact) mass is 302 g/mol. The molecule has 2 fully saturated rings. The van der Waals surface area contributed by atoms with Crippen LogP contribution >= 0.6 is 0 Å². The van der Waals surface area contributed by atoms with E-state index < -0.39 is 0 Å². The predicted octanol–water partition coefficient (Wildman–Crippen LogP) is 3.05. The van der Waals surface area contributed by atoms with Gasteiger partial charge in [0.25, 0.3) is 0 Å². The maximum absolute atomic E-state index is 12.7. The van der Waals surface area contributed by atoms with Crippen LogP contribution in [0.5, 0.6) is 0 Å². The molecule has 0 radical (unpaired) electrons. The third kappa shape index (κ3) is 3.23. The van der Waals surface area contributed by atoms with Gasteiger partial charge in [-0.3, -0.25) is 4.79 Å². The summed E-state index contributed by atoms with van der Waals surface area (Å²) in [5, 5.41) is 8.33. The Hall–Kier alpha value is -1.65. The summed E-state index contributed by atoms with van der Waals surface area (Å²) < 4.78 is 1.76. The van der Waals surface area contributed by atoms with Crippen LogP contribution in [0.25, 0.3) is 6.08 Å². The van der Waals surface area contributed by atoms with Crippen LogP contribution < -0.4 is 0 Å². The molecule has 0 aromatic carbocycles. The predicted molar refractivity (Wildman–Crippen MR) is 86.1 cm³/mol. The number of rotatable bonds is 4. The second-order valence-electron chi connectivity index (χ2n) is 6.85. The number of likely N-dealkylation sites (tertiary alicyclic amines) is 1. The van der Waals surface area contributed by atoms with Gasteiger partial charge in [-0.1, -0.05) is 44.4 Å². The first-order valence-corrected chi connectivity index (χ1v) is 8.55. The zero-order chi connectivity index (χ0) is 15.5. The molecular formula is C17H26N4O. The minimum atomic E-state index is -0.157. The molecule has 2 heterocycles. The van der Waals surface area contributed by atoms with Gasteiger partial charge in [0.2, 0.25) is 5.91 Å². The van der Waals surface area contributed by atoms with Crippen molar-refractivity contribution < 1.29 is 4.79 Å². The van der Waals surface area contributed by atoms with E-state index in [0.29, 0.717) is 12.0 Å². The van der Waals surface area contributed by atoms with E-state index in [2.05, 4.69) is 35.1 Å². The highest BCUT2D eigenvalue weighted by Crippen LogP contribution is 2.30.